The maximum Gasteiger partial charge on any atom is 0.297 e. The quantitative estimate of drug-likeness (QED) is 0.605. The zero-order valence-electron chi connectivity index (χ0n) is 8.16. The number of nitro groups is 2. The highest BCUT2D eigenvalue weighted by Gasteiger charge is 2.24. The van der Waals surface area contributed by atoms with Crippen LogP contribution < -0.4 is 0 Å². The van der Waals surface area contributed by atoms with Crippen molar-refractivity contribution in [1.29, 1.82) is 0 Å². The van der Waals surface area contributed by atoms with E-state index in [4.69, 9.17) is 11.6 Å². The molecule has 7 nitrogen and oxygen atoms in total. The Labute approximate surface area is 98.9 Å². The highest BCUT2D eigenvalue weighted by Crippen LogP contribution is 2.37. The maximum atomic E-state index is 10.8. The molecule has 86 valence electrons. The second kappa shape index (κ2) is 3.95. The topological polar surface area (TPSA) is 99.2 Å². The van der Waals surface area contributed by atoms with Gasteiger partial charge in [0, 0.05) is 6.20 Å². The number of nitrogens with zero attached hydrogens (tertiary/aromatic N) is 3. The van der Waals surface area contributed by atoms with Crippen molar-refractivity contribution in [3.63, 3.8) is 0 Å². The van der Waals surface area contributed by atoms with Gasteiger partial charge in [-0.05, 0) is 12.1 Å². The van der Waals surface area contributed by atoms with Gasteiger partial charge >= 0.3 is 0 Å². The average Bonchev–Trinajstić information content (AvgIpc) is 2.29. The second-order valence-electron chi connectivity index (χ2n) is 3.14. The average molecular weight is 254 g/mol. The lowest BCUT2D eigenvalue weighted by Gasteiger charge is -2.01. The first-order valence-corrected chi connectivity index (χ1v) is 4.76. The third kappa shape index (κ3) is 1.76. The van der Waals surface area contributed by atoms with Gasteiger partial charge in [-0.3, -0.25) is 25.2 Å². The number of pyridine rings is 1. The molecule has 1 heterocycles. The van der Waals surface area contributed by atoms with Gasteiger partial charge in [0.1, 0.15) is 10.5 Å². The van der Waals surface area contributed by atoms with Gasteiger partial charge in [0.25, 0.3) is 11.4 Å². The van der Waals surface area contributed by atoms with Crippen LogP contribution in [0.5, 0.6) is 0 Å². The minimum atomic E-state index is -0.774. The molecule has 0 fully saturated rings. The lowest BCUT2D eigenvalue weighted by Crippen LogP contribution is -1.96. The van der Waals surface area contributed by atoms with E-state index in [0.29, 0.717) is 0 Å². The molecule has 0 aliphatic rings. The van der Waals surface area contributed by atoms with Crippen LogP contribution >= 0.6 is 11.6 Å². The highest BCUT2D eigenvalue weighted by atomic mass is 35.5. The number of fused-ring (bicyclic) bond motifs is 1. The summed E-state index contributed by atoms with van der Waals surface area (Å²) in [5.74, 6) is 0. The zero-order chi connectivity index (χ0) is 12.6. The molecular formula is C9H4ClN3O4. The Morgan fingerprint density at radius 2 is 1.82 bits per heavy atom. The Hall–Kier alpha value is -2.28. The van der Waals surface area contributed by atoms with Gasteiger partial charge in [0.2, 0.25) is 0 Å². The molecule has 0 atom stereocenters. The molecule has 2 rings (SSSR count). The molecule has 1 aromatic carbocycles. The number of halogens is 1. The molecule has 0 N–H and O–H groups in total. The van der Waals surface area contributed by atoms with Crippen molar-refractivity contribution in [3.8, 4) is 0 Å². The minimum absolute atomic E-state index is 0.0510. The van der Waals surface area contributed by atoms with Crippen molar-refractivity contribution >= 4 is 33.9 Å². The molecule has 0 saturated heterocycles. The molecular weight excluding hydrogens is 250 g/mol. The van der Waals surface area contributed by atoms with Gasteiger partial charge in [-0.15, -0.1) is 0 Å². The molecule has 0 bridgehead atoms. The molecule has 17 heavy (non-hydrogen) atoms. The van der Waals surface area contributed by atoms with Crippen molar-refractivity contribution in [2.75, 3.05) is 0 Å². The van der Waals surface area contributed by atoms with Gasteiger partial charge in [-0.1, -0.05) is 11.6 Å². The largest absolute Gasteiger partial charge is 0.297 e. The molecule has 0 unspecified atom stereocenters. The van der Waals surface area contributed by atoms with Crippen molar-refractivity contribution < 1.29 is 9.85 Å². The maximum absolute atomic E-state index is 10.8. The van der Waals surface area contributed by atoms with E-state index in [2.05, 4.69) is 4.98 Å². The second-order valence-corrected chi connectivity index (χ2v) is 3.52. The van der Waals surface area contributed by atoms with Crippen LogP contribution in [0.3, 0.4) is 0 Å². The van der Waals surface area contributed by atoms with E-state index in [1.54, 1.807) is 0 Å². The summed E-state index contributed by atoms with van der Waals surface area (Å²) in [7, 11) is 0. The van der Waals surface area contributed by atoms with Crippen LogP contribution in [0.15, 0.2) is 24.4 Å². The number of hydrogen-bond acceptors (Lipinski definition) is 5. The predicted octanol–water partition coefficient (Wildman–Crippen LogP) is 2.70. The monoisotopic (exact) mass is 253 g/mol. The fraction of sp³-hybridized carbons (Fsp3) is 0. The lowest BCUT2D eigenvalue weighted by atomic mass is 10.1. The van der Waals surface area contributed by atoms with Gasteiger partial charge in [0.05, 0.1) is 21.3 Å². The summed E-state index contributed by atoms with van der Waals surface area (Å²) in [6, 6.07) is 3.78. The molecule has 1 aromatic heterocycles. The summed E-state index contributed by atoms with van der Waals surface area (Å²) < 4.78 is 0. The number of benzene rings is 1. The third-order valence-electron chi connectivity index (χ3n) is 2.18. The predicted molar refractivity (Wildman–Crippen MR) is 60.1 cm³/mol. The van der Waals surface area contributed by atoms with Gasteiger partial charge in [-0.25, -0.2) is 0 Å². The van der Waals surface area contributed by atoms with E-state index >= 15 is 0 Å². The molecule has 2 aromatic rings. The van der Waals surface area contributed by atoms with Crippen LogP contribution in [0, 0.1) is 20.2 Å². The van der Waals surface area contributed by atoms with Crippen LogP contribution in [0.4, 0.5) is 11.4 Å². The fourth-order valence-electron chi connectivity index (χ4n) is 1.46. The standard InChI is InChI=1S/C9H4ClN3O4/c10-8-7(13(16)17)4-6(12(14)15)5-2-1-3-11-9(5)8/h1-4H. The summed E-state index contributed by atoms with van der Waals surface area (Å²) in [5.41, 5.74) is -0.858. The Morgan fingerprint density at radius 3 is 2.41 bits per heavy atom. The molecule has 8 heteroatoms. The molecule has 0 aliphatic carbocycles. The number of aromatic nitrogens is 1. The van der Waals surface area contributed by atoms with Crippen LogP contribution in [0.2, 0.25) is 5.02 Å². The Bertz CT molecular complexity index is 643. The van der Waals surface area contributed by atoms with E-state index < -0.39 is 15.5 Å². The fourth-order valence-corrected chi connectivity index (χ4v) is 1.74. The molecule has 0 saturated carbocycles. The smallest absolute Gasteiger partial charge is 0.258 e. The summed E-state index contributed by atoms with van der Waals surface area (Å²) in [6.07, 6.45) is 1.36. The normalized spacial score (nSPS) is 10.4. The van der Waals surface area contributed by atoms with Crippen LogP contribution in [0.25, 0.3) is 10.9 Å². The van der Waals surface area contributed by atoms with Crippen molar-refractivity contribution in [2.24, 2.45) is 0 Å². The van der Waals surface area contributed by atoms with Crippen LogP contribution in [-0.4, -0.2) is 14.8 Å². The molecule has 0 amide bonds. The Morgan fingerprint density at radius 1 is 1.18 bits per heavy atom. The minimum Gasteiger partial charge on any atom is -0.258 e. The summed E-state index contributed by atoms with van der Waals surface area (Å²) in [4.78, 5) is 23.9. The summed E-state index contributed by atoms with van der Waals surface area (Å²) >= 11 is 5.79. The van der Waals surface area contributed by atoms with Crippen molar-refractivity contribution in [3.05, 3.63) is 49.6 Å². The number of hydrogen-bond donors (Lipinski definition) is 0. The van der Waals surface area contributed by atoms with Gasteiger partial charge in [-0.2, -0.15) is 0 Å². The number of rotatable bonds is 2. The van der Waals surface area contributed by atoms with Gasteiger partial charge < -0.3 is 0 Å². The first-order chi connectivity index (χ1) is 8.02. The molecule has 0 spiro atoms. The van der Waals surface area contributed by atoms with E-state index in [-0.39, 0.29) is 21.6 Å². The van der Waals surface area contributed by atoms with E-state index in [1.165, 1.54) is 18.3 Å². The van der Waals surface area contributed by atoms with Crippen LogP contribution in [0.1, 0.15) is 0 Å². The first kappa shape index (κ1) is 11.2. The van der Waals surface area contributed by atoms with E-state index in [1.807, 2.05) is 0 Å². The Balaban J connectivity index is 2.94. The molecule has 0 aliphatic heterocycles. The van der Waals surface area contributed by atoms with E-state index in [9.17, 15) is 20.2 Å². The van der Waals surface area contributed by atoms with Crippen molar-refractivity contribution in [1.82, 2.24) is 4.98 Å². The number of nitro benzene ring substituents is 2. The molecule has 0 radical (unpaired) electrons. The van der Waals surface area contributed by atoms with Gasteiger partial charge in [0.15, 0.2) is 0 Å². The van der Waals surface area contributed by atoms with Crippen molar-refractivity contribution in [2.45, 2.75) is 0 Å². The number of non-ortho nitro benzene ring substituents is 1. The van der Waals surface area contributed by atoms with E-state index in [0.717, 1.165) is 6.07 Å². The summed E-state index contributed by atoms with van der Waals surface area (Å²) in [6.45, 7) is 0. The first-order valence-electron chi connectivity index (χ1n) is 4.38. The SMILES string of the molecule is O=[N+]([O-])c1cc([N+](=O)[O-])c2cccnc2c1Cl. The third-order valence-corrected chi connectivity index (χ3v) is 2.56. The van der Waals surface area contributed by atoms with Crippen LogP contribution in [-0.2, 0) is 0 Å². The lowest BCUT2D eigenvalue weighted by molar-refractivity contribution is -0.392. The zero-order valence-corrected chi connectivity index (χ0v) is 8.92. The summed E-state index contributed by atoms with van der Waals surface area (Å²) in [5, 5.41) is 21.5. The highest BCUT2D eigenvalue weighted by molar-refractivity contribution is 6.37. The Kier molecular flexibility index (Phi) is 2.60.